The molecule has 0 radical (unpaired) electrons. The maximum absolute atomic E-state index is 12.9. The summed E-state index contributed by atoms with van der Waals surface area (Å²) in [5.41, 5.74) is 1.39. The normalized spacial score (nSPS) is 10.7. The summed E-state index contributed by atoms with van der Waals surface area (Å²) in [6.07, 6.45) is 0. The van der Waals surface area contributed by atoms with Gasteiger partial charge in [0.1, 0.15) is 11.6 Å². The second kappa shape index (κ2) is 12.1. The fraction of sp³-hybridized carbons (Fsp3) is 0.263. The Morgan fingerprint density at radius 3 is 2.26 bits per heavy atom. The summed E-state index contributed by atoms with van der Waals surface area (Å²) in [6, 6.07) is 12.3. The number of guanidine groups is 1. The number of phenols is 1. The number of amides is 1. The highest BCUT2D eigenvalue weighted by molar-refractivity contribution is 14.0. The molecule has 0 aliphatic carbocycles. The first kappa shape index (κ1) is 22.7. The van der Waals surface area contributed by atoms with Crippen molar-refractivity contribution in [2.45, 2.75) is 13.5 Å². The van der Waals surface area contributed by atoms with Crippen molar-refractivity contribution in [3.05, 3.63) is 65.5 Å². The summed E-state index contributed by atoms with van der Waals surface area (Å²) in [6.45, 7) is 4.01. The van der Waals surface area contributed by atoms with Gasteiger partial charge in [-0.2, -0.15) is 0 Å². The number of nitrogens with zero attached hydrogens (tertiary/aromatic N) is 1. The molecule has 0 atom stereocenters. The molecule has 0 aromatic heterocycles. The largest absolute Gasteiger partial charge is 0.508 e. The Labute approximate surface area is 175 Å². The molecule has 146 valence electrons. The number of hydrogen-bond donors (Lipinski definition) is 4. The van der Waals surface area contributed by atoms with E-state index < -0.39 is 0 Å². The summed E-state index contributed by atoms with van der Waals surface area (Å²) in [5, 5.41) is 18.3. The van der Waals surface area contributed by atoms with Crippen LogP contribution in [0.3, 0.4) is 0 Å². The molecule has 0 bridgehead atoms. The molecule has 0 saturated carbocycles. The molecule has 4 N–H and O–H groups in total. The van der Waals surface area contributed by atoms with Crippen LogP contribution in [0.1, 0.15) is 22.8 Å². The first-order chi connectivity index (χ1) is 12.6. The lowest BCUT2D eigenvalue weighted by Gasteiger charge is -2.12. The van der Waals surface area contributed by atoms with Crippen molar-refractivity contribution in [2.24, 2.45) is 4.99 Å². The van der Waals surface area contributed by atoms with Gasteiger partial charge in [0.05, 0.1) is 6.54 Å². The molecule has 27 heavy (non-hydrogen) atoms. The Morgan fingerprint density at radius 2 is 1.63 bits per heavy atom. The molecule has 0 unspecified atom stereocenters. The van der Waals surface area contributed by atoms with E-state index in [9.17, 15) is 14.3 Å². The molecule has 0 fully saturated rings. The molecule has 2 aromatic rings. The lowest BCUT2D eigenvalue weighted by Crippen LogP contribution is -2.41. The molecule has 2 aromatic carbocycles. The van der Waals surface area contributed by atoms with Gasteiger partial charge in [-0.1, -0.05) is 12.1 Å². The van der Waals surface area contributed by atoms with Crippen molar-refractivity contribution in [1.29, 1.82) is 0 Å². The Hall–Kier alpha value is -2.36. The number of carbonyl (C=O) groups is 1. The Morgan fingerprint density at radius 1 is 1.00 bits per heavy atom. The third kappa shape index (κ3) is 8.25. The van der Waals surface area contributed by atoms with E-state index in [0.29, 0.717) is 37.7 Å². The first-order valence-electron chi connectivity index (χ1n) is 8.42. The maximum Gasteiger partial charge on any atom is 0.251 e. The van der Waals surface area contributed by atoms with Crippen LogP contribution in [0.5, 0.6) is 5.75 Å². The van der Waals surface area contributed by atoms with Crippen molar-refractivity contribution in [3.8, 4) is 5.75 Å². The molecule has 2 rings (SSSR count). The van der Waals surface area contributed by atoms with Gasteiger partial charge in [-0.15, -0.1) is 24.0 Å². The van der Waals surface area contributed by atoms with Crippen LogP contribution < -0.4 is 16.0 Å². The van der Waals surface area contributed by atoms with Gasteiger partial charge in [0.25, 0.3) is 5.91 Å². The maximum atomic E-state index is 12.9. The van der Waals surface area contributed by atoms with Crippen LogP contribution in [-0.2, 0) is 6.54 Å². The van der Waals surface area contributed by atoms with E-state index >= 15 is 0 Å². The molecule has 8 heteroatoms. The molecule has 0 heterocycles. The lowest BCUT2D eigenvalue weighted by atomic mass is 10.2. The molecular formula is C19H24FIN4O2. The summed E-state index contributed by atoms with van der Waals surface area (Å²) in [7, 11) is 0. The van der Waals surface area contributed by atoms with Gasteiger partial charge in [-0.05, 0) is 48.9 Å². The van der Waals surface area contributed by atoms with Crippen LogP contribution in [0, 0.1) is 5.82 Å². The zero-order valence-corrected chi connectivity index (χ0v) is 17.4. The monoisotopic (exact) mass is 486 g/mol. The molecule has 0 aliphatic rings. The van der Waals surface area contributed by atoms with E-state index in [1.54, 1.807) is 24.3 Å². The molecule has 0 spiro atoms. The SMILES string of the molecule is CCNC(=NCc1ccc(F)cc1)NCCNC(=O)c1ccc(O)cc1.I. The Bertz CT molecular complexity index is 736. The molecule has 1 amide bonds. The summed E-state index contributed by atoms with van der Waals surface area (Å²) >= 11 is 0. The van der Waals surface area contributed by atoms with Gasteiger partial charge in [-0.3, -0.25) is 4.79 Å². The Balaban J connectivity index is 0.00000364. The van der Waals surface area contributed by atoms with Gasteiger partial charge in [0.15, 0.2) is 5.96 Å². The van der Waals surface area contributed by atoms with Crippen LogP contribution >= 0.6 is 24.0 Å². The zero-order valence-electron chi connectivity index (χ0n) is 15.0. The van der Waals surface area contributed by atoms with Crippen LogP contribution in [0.15, 0.2) is 53.5 Å². The minimum Gasteiger partial charge on any atom is -0.508 e. The van der Waals surface area contributed by atoms with Crippen molar-refractivity contribution in [1.82, 2.24) is 16.0 Å². The van der Waals surface area contributed by atoms with Crippen LogP contribution in [0.4, 0.5) is 4.39 Å². The van der Waals surface area contributed by atoms with E-state index in [1.807, 2.05) is 6.92 Å². The van der Waals surface area contributed by atoms with E-state index in [1.165, 1.54) is 24.3 Å². The highest BCUT2D eigenvalue weighted by Crippen LogP contribution is 2.09. The van der Waals surface area contributed by atoms with E-state index in [0.717, 1.165) is 5.56 Å². The van der Waals surface area contributed by atoms with Gasteiger partial charge in [0, 0.05) is 25.2 Å². The van der Waals surface area contributed by atoms with Crippen LogP contribution in [0.2, 0.25) is 0 Å². The number of phenolic OH excluding ortho intramolecular Hbond substituents is 1. The van der Waals surface area contributed by atoms with E-state index in [4.69, 9.17) is 0 Å². The van der Waals surface area contributed by atoms with Crippen molar-refractivity contribution in [2.75, 3.05) is 19.6 Å². The van der Waals surface area contributed by atoms with Gasteiger partial charge >= 0.3 is 0 Å². The van der Waals surface area contributed by atoms with Crippen molar-refractivity contribution < 1.29 is 14.3 Å². The number of halogens is 2. The van der Waals surface area contributed by atoms with Gasteiger partial charge < -0.3 is 21.1 Å². The highest BCUT2D eigenvalue weighted by Gasteiger charge is 2.04. The summed E-state index contributed by atoms with van der Waals surface area (Å²) in [4.78, 5) is 16.4. The number of nitrogens with one attached hydrogen (secondary N) is 3. The molecular weight excluding hydrogens is 462 g/mol. The molecule has 0 saturated heterocycles. The first-order valence-corrected chi connectivity index (χ1v) is 8.42. The Kier molecular flexibility index (Phi) is 10.2. The minimum absolute atomic E-state index is 0. The van der Waals surface area contributed by atoms with Crippen molar-refractivity contribution in [3.63, 3.8) is 0 Å². The number of aromatic hydroxyl groups is 1. The molecule has 0 aliphatic heterocycles. The third-order valence-electron chi connectivity index (χ3n) is 3.51. The minimum atomic E-state index is -0.271. The third-order valence-corrected chi connectivity index (χ3v) is 3.51. The smallest absolute Gasteiger partial charge is 0.251 e. The number of carbonyl (C=O) groups excluding carboxylic acids is 1. The van der Waals surface area contributed by atoms with Gasteiger partial charge in [-0.25, -0.2) is 9.38 Å². The lowest BCUT2D eigenvalue weighted by molar-refractivity contribution is 0.0954. The van der Waals surface area contributed by atoms with Crippen LogP contribution in [-0.4, -0.2) is 36.6 Å². The average molecular weight is 486 g/mol. The predicted octanol–water partition coefficient (Wildman–Crippen LogP) is 2.63. The number of benzene rings is 2. The summed E-state index contributed by atoms with van der Waals surface area (Å²) in [5.74, 6) is 0.263. The number of hydrogen-bond acceptors (Lipinski definition) is 3. The topological polar surface area (TPSA) is 85.8 Å². The second-order valence-electron chi connectivity index (χ2n) is 5.55. The fourth-order valence-electron chi connectivity index (χ4n) is 2.17. The standard InChI is InChI=1S/C19H23FN4O2.HI/c1-2-21-19(24-13-14-3-7-16(20)8-4-14)23-12-11-22-18(26)15-5-9-17(25)10-6-15;/h3-10,25H,2,11-13H2,1H3,(H,22,26)(H2,21,23,24);1H. The summed E-state index contributed by atoms with van der Waals surface area (Å²) < 4.78 is 12.9. The quantitative estimate of drug-likeness (QED) is 0.210. The van der Waals surface area contributed by atoms with Crippen molar-refractivity contribution >= 4 is 35.8 Å². The highest BCUT2D eigenvalue weighted by atomic mass is 127. The van der Waals surface area contributed by atoms with E-state index in [2.05, 4.69) is 20.9 Å². The zero-order chi connectivity index (χ0) is 18.8. The molecule has 6 nitrogen and oxygen atoms in total. The average Bonchev–Trinajstić information content (AvgIpc) is 2.64. The second-order valence-corrected chi connectivity index (χ2v) is 5.55. The van der Waals surface area contributed by atoms with Crippen LogP contribution in [0.25, 0.3) is 0 Å². The number of rotatable bonds is 7. The van der Waals surface area contributed by atoms with E-state index in [-0.39, 0.29) is 41.5 Å². The fourth-order valence-corrected chi connectivity index (χ4v) is 2.17. The predicted molar refractivity (Wildman–Crippen MR) is 115 cm³/mol. The van der Waals surface area contributed by atoms with Gasteiger partial charge in [0.2, 0.25) is 0 Å². The number of aliphatic imine (C=N–C) groups is 1.